The number of hydrogen-bond acceptors (Lipinski definition) is 5. The van der Waals surface area contributed by atoms with Gasteiger partial charge in [0.05, 0.1) is 6.04 Å². The van der Waals surface area contributed by atoms with Crippen molar-refractivity contribution in [3.05, 3.63) is 35.9 Å². The van der Waals surface area contributed by atoms with Crippen LogP contribution in [0.2, 0.25) is 0 Å². The molecule has 0 bridgehead atoms. The van der Waals surface area contributed by atoms with E-state index in [-0.39, 0.29) is 11.8 Å². The third-order valence-electron chi connectivity index (χ3n) is 4.69. The molecule has 7 nitrogen and oxygen atoms in total. The SMILES string of the molecule is CSCCC(N)C(=O)NC(Cc1ccccc1)C(=O)N1CCCC1C(=O)O. The van der Waals surface area contributed by atoms with Crippen LogP contribution in [0.4, 0.5) is 0 Å². The summed E-state index contributed by atoms with van der Waals surface area (Å²) in [6.45, 7) is 0.384. The van der Waals surface area contributed by atoms with Crippen LogP contribution in [-0.2, 0) is 20.8 Å². The predicted molar refractivity (Wildman–Crippen MR) is 105 cm³/mol. The largest absolute Gasteiger partial charge is 0.480 e. The average Bonchev–Trinajstić information content (AvgIpc) is 3.15. The molecular weight excluding hydrogens is 366 g/mol. The molecule has 4 N–H and O–H groups in total. The van der Waals surface area contributed by atoms with E-state index in [0.717, 1.165) is 11.3 Å². The van der Waals surface area contributed by atoms with Crippen LogP contribution in [-0.4, -0.2) is 64.5 Å². The minimum atomic E-state index is -1.01. The summed E-state index contributed by atoms with van der Waals surface area (Å²) in [6.07, 6.45) is 3.82. The van der Waals surface area contributed by atoms with Gasteiger partial charge in [0.15, 0.2) is 0 Å². The topological polar surface area (TPSA) is 113 Å². The molecule has 1 saturated heterocycles. The number of nitrogens with zero attached hydrogens (tertiary/aromatic N) is 1. The van der Waals surface area contributed by atoms with Crippen LogP contribution in [0.3, 0.4) is 0 Å². The molecule has 148 valence electrons. The summed E-state index contributed by atoms with van der Waals surface area (Å²) in [4.78, 5) is 38.3. The van der Waals surface area contributed by atoms with Crippen molar-refractivity contribution in [3.8, 4) is 0 Å². The van der Waals surface area contributed by atoms with Crippen molar-refractivity contribution in [2.24, 2.45) is 5.73 Å². The predicted octanol–water partition coefficient (Wildman–Crippen LogP) is 0.870. The number of likely N-dealkylation sites (tertiary alicyclic amines) is 1. The minimum Gasteiger partial charge on any atom is -0.480 e. The van der Waals surface area contributed by atoms with E-state index in [0.29, 0.717) is 32.2 Å². The van der Waals surface area contributed by atoms with Crippen molar-refractivity contribution in [3.63, 3.8) is 0 Å². The number of carbonyl (C=O) groups excluding carboxylic acids is 2. The highest BCUT2D eigenvalue weighted by molar-refractivity contribution is 7.98. The fourth-order valence-electron chi connectivity index (χ4n) is 3.19. The molecule has 0 aromatic heterocycles. The zero-order valence-electron chi connectivity index (χ0n) is 15.5. The maximum absolute atomic E-state index is 13.0. The molecule has 8 heteroatoms. The van der Waals surface area contributed by atoms with Gasteiger partial charge in [-0.2, -0.15) is 11.8 Å². The van der Waals surface area contributed by atoms with Crippen LogP contribution in [0.25, 0.3) is 0 Å². The molecule has 27 heavy (non-hydrogen) atoms. The number of amides is 2. The third-order valence-corrected chi connectivity index (χ3v) is 5.33. The minimum absolute atomic E-state index is 0.295. The van der Waals surface area contributed by atoms with Crippen LogP contribution in [0, 0.1) is 0 Å². The number of carboxylic acids is 1. The number of thioether (sulfide) groups is 1. The van der Waals surface area contributed by atoms with Gasteiger partial charge in [-0.15, -0.1) is 0 Å². The van der Waals surface area contributed by atoms with E-state index in [1.165, 1.54) is 4.90 Å². The summed E-state index contributed by atoms with van der Waals surface area (Å²) in [7, 11) is 0. The molecule has 0 spiro atoms. The fraction of sp³-hybridized carbons (Fsp3) is 0.526. The van der Waals surface area contributed by atoms with Gasteiger partial charge in [0.1, 0.15) is 12.1 Å². The third kappa shape index (κ3) is 5.97. The lowest BCUT2D eigenvalue weighted by atomic mass is 10.0. The molecule has 1 aliphatic rings. The van der Waals surface area contributed by atoms with Crippen molar-refractivity contribution in [1.82, 2.24) is 10.2 Å². The lowest BCUT2D eigenvalue weighted by Crippen LogP contribution is -2.55. The number of benzene rings is 1. The summed E-state index contributed by atoms with van der Waals surface area (Å²) in [5.74, 6) is -1.01. The van der Waals surface area contributed by atoms with E-state index in [1.807, 2.05) is 36.6 Å². The van der Waals surface area contributed by atoms with Crippen molar-refractivity contribution in [2.45, 2.75) is 43.8 Å². The van der Waals surface area contributed by atoms with Gasteiger partial charge in [-0.25, -0.2) is 4.79 Å². The molecule has 1 aromatic rings. The Balaban J connectivity index is 2.14. The number of hydrogen-bond donors (Lipinski definition) is 3. The molecule has 1 heterocycles. The number of nitrogens with two attached hydrogens (primary N) is 1. The van der Waals surface area contributed by atoms with E-state index in [9.17, 15) is 19.5 Å². The monoisotopic (exact) mass is 393 g/mol. The van der Waals surface area contributed by atoms with Crippen LogP contribution in [0.5, 0.6) is 0 Å². The molecule has 0 radical (unpaired) electrons. The van der Waals surface area contributed by atoms with E-state index in [4.69, 9.17) is 5.73 Å². The van der Waals surface area contributed by atoms with Crippen LogP contribution in [0.15, 0.2) is 30.3 Å². The summed E-state index contributed by atoms with van der Waals surface area (Å²) in [6, 6.07) is 6.98. The summed E-state index contributed by atoms with van der Waals surface area (Å²) < 4.78 is 0. The van der Waals surface area contributed by atoms with Gasteiger partial charge in [0, 0.05) is 13.0 Å². The standard InChI is InChI=1S/C19H27N3O4S/c1-27-11-9-14(20)17(23)21-15(12-13-6-3-2-4-7-13)18(24)22-10-5-8-16(22)19(25)26/h2-4,6-7,14-16H,5,8-12,20H2,1H3,(H,21,23)(H,25,26). The summed E-state index contributed by atoms with van der Waals surface area (Å²) >= 11 is 1.60. The van der Waals surface area contributed by atoms with E-state index in [2.05, 4.69) is 5.32 Å². The molecule has 1 fully saturated rings. The molecule has 0 saturated carbocycles. The molecule has 3 unspecified atom stereocenters. The Morgan fingerprint density at radius 2 is 2.04 bits per heavy atom. The number of aliphatic carboxylic acids is 1. The Morgan fingerprint density at radius 1 is 1.33 bits per heavy atom. The van der Waals surface area contributed by atoms with Gasteiger partial charge in [-0.05, 0) is 36.8 Å². The Hall–Kier alpha value is -2.06. The van der Waals surface area contributed by atoms with Gasteiger partial charge in [0.25, 0.3) is 0 Å². The van der Waals surface area contributed by atoms with Crippen molar-refractivity contribution >= 4 is 29.5 Å². The molecular formula is C19H27N3O4S. The Labute approximate surface area is 163 Å². The second kappa shape index (κ2) is 10.3. The second-order valence-electron chi connectivity index (χ2n) is 6.67. The number of rotatable bonds is 9. The van der Waals surface area contributed by atoms with E-state index in [1.54, 1.807) is 11.8 Å². The normalized spacial score (nSPS) is 18.7. The highest BCUT2D eigenvalue weighted by atomic mass is 32.2. The van der Waals surface area contributed by atoms with Crippen molar-refractivity contribution in [2.75, 3.05) is 18.6 Å². The lowest BCUT2D eigenvalue weighted by Gasteiger charge is -2.28. The van der Waals surface area contributed by atoms with Gasteiger partial charge in [-0.1, -0.05) is 30.3 Å². The fourth-order valence-corrected chi connectivity index (χ4v) is 3.68. The van der Waals surface area contributed by atoms with Gasteiger partial charge < -0.3 is 21.1 Å². The van der Waals surface area contributed by atoms with Crippen molar-refractivity contribution < 1.29 is 19.5 Å². The molecule has 2 amide bonds. The molecule has 3 atom stereocenters. The van der Waals surface area contributed by atoms with Gasteiger partial charge >= 0.3 is 5.97 Å². The molecule has 1 aliphatic heterocycles. The Kier molecular flexibility index (Phi) is 8.12. The first-order valence-electron chi connectivity index (χ1n) is 9.06. The maximum atomic E-state index is 13.0. The number of nitrogens with one attached hydrogen (secondary N) is 1. The zero-order chi connectivity index (χ0) is 19.8. The highest BCUT2D eigenvalue weighted by Crippen LogP contribution is 2.19. The molecule has 1 aromatic carbocycles. The maximum Gasteiger partial charge on any atom is 0.326 e. The smallest absolute Gasteiger partial charge is 0.326 e. The Bertz CT molecular complexity index is 656. The second-order valence-corrected chi connectivity index (χ2v) is 7.65. The first-order chi connectivity index (χ1) is 12.9. The number of carbonyl (C=O) groups is 3. The quantitative estimate of drug-likeness (QED) is 0.574. The van der Waals surface area contributed by atoms with E-state index < -0.39 is 24.1 Å². The van der Waals surface area contributed by atoms with Crippen LogP contribution < -0.4 is 11.1 Å². The molecule has 0 aliphatic carbocycles. The van der Waals surface area contributed by atoms with E-state index >= 15 is 0 Å². The Morgan fingerprint density at radius 3 is 2.67 bits per heavy atom. The van der Waals surface area contributed by atoms with Crippen molar-refractivity contribution in [1.29, 1.82) is 0 Å². The number of carboxylic acid groups (broad SMARTS) is 1. The molecule has 2 rings (SSSR count). The van der Waals surface area contributed by atoms with Gasteiger partial charge in [0.2, 0.25) is 11.8 Å². The van der Waals surface area contributed by atoms with Crippen LogP contribution >= 0.6 is 11.8 Å². The zero-order valence-corrected chi connectivity index (χ0v) is 16.3. The first kappa shape index (κ1) is 21.2. The summed E-state index contributed by atoms with van der Waals surface area (Å²) in [5.41, 5.74) is 6.82. The van der Waals surface area contributed by atoms with Crippen LogP contribution in [0.1, 0.15) is 24.8 Å². The first-order valence-corrected chi connectivity index (χ1v) is 10.5. The lowest BCUT2D eigenvalue weighted by molar-refractivity contribution is -0.149. The van der Waals surface area contributed by atoms with Gasteiger partial charge in [-0.3, -0.25) is 9.59 Å². The summed E-state index contributed by atoms with van der Waals surface area (Å²) in [5, 5.41) is 12.1. The average molecular weight is 394 g/mol. The highest BCUT2D eigenvalue weighted by Gasteiger charge is 2.37.